The zero-order valence-electron chi connectivity index (χ0n) is 16.6. The fraction of sp³-hybridized carbons (Fsp3) is 0.333. The Bertz CT molecular complexity index is 948. The van der Waals surface area contributed by atoms with Crippen LogP contribution in [-0.4, -0.2) is 33.4 Å². The summed E-state index contributed by atoms with van der Waals surface area (Å²) in [6.07, 6.45) is 0. The Kier molecular flexibility index (Phi) is 7.05. The van der Waals surface area contributed by atoms with Crippen molar-refractivity contribution in [2.45, 2.75) is 16.7 Å². The molecule has 5 nitrogen and oxygen atoms in total. The number of aryl methyl sites for hydroxylation is 1. The molecule has 0 N–H and O–H groups in total. The van der Waals surface area contributed by atoms with E-state index in [2.05, 4.69) is 41.1 Å². The van der Waals surface area contributed by atoms with E-state index in [9.17, 15) is 30.6 Å². The fourth-order valence-corrected chi connectivity index (χ4v) is 3.55. The van der Waals surface area contributed by atoms with E-state index in [-0.39, 0.29) is 0 Å². The van der Waals surface area contributed by atoms with Crippen LogP contribution in [0.25, 0.3) is 4.98 Å². The standard InChI is InChI=1S/C18H20N3O2S.F6P/c1-13-3-5-14(6-4-13)24-18-12-16(21-7-9-23-10-8-21)17(22-2)11-15(18)20-19;1-7(2,3,4,5)6/h3-6,11-12H,7-10H2,1-2H3;/q+1;-1. The maximum absolute atomic E-state index is 10.7. The molecule has 31 heavy (non-hydrogen) atoms. The van der Waals surface area contributed by atoms with Gasteiger partial charge < -0.3 is 14.4 Å². The van der Waals surface area contributed by atoms with Crippen LogP contribution in [0.15, 0.2) is 46.2 Å². The van der Waals surface area contributed by atoms with E-state index in [1.54, 1.807) is 24.9 Å². The first-order chi connectivity index (χ1) is 14.2. The van der Waals surface area contributed by atoms with Crippen LogP contribution < -0.4 is 9.64 Å². The first-order valence-electron chi connectivity index (χ1n) is 8.87. The van der Waals surface area contributed by atoms with Gasteiger partial charge in [-0.15, -0.1) is 0 Å². The minimum atomic E-state index is -10.7. The predicted molar refractivity (Wildman–Crippen MR) is 110 cm³/mol. The molecule has 3 rings (SSSR count). The van der Waals surface area contributed by atoms with E-state index >= 15 is 0 Å². The number of hydrogen-bond acceptors (Lipinski definition) is 5. The number of halogens is 6. The second kappa shape index (κ2) is 8.73. The summed E-state index contributed by atoms with van der Waals surface area (Å²) in [7, 11) is -9.03. The molecule has 0 aromatic heterocycles. The zero-order valence-corrected chi connectivity index (χ0v) is 18.3. The van der Waals surface area contributed by atoms with Crippen molar-refractivity contribution < 1.29 is 34.7 Å². The number of benzene rings is 2. The molecule has 1 aliphatic rings. The minimum absolute atomic E-state index is 0.509. The van der Waals surface area contributed by atoms with E-state index < -0.39 is 7.81 Å². The molecule has 0 saturated carbocycles. The Hall–Kier alpha value is -2.22. The van der Waals surface area contributed by atoms with Gasteiger partial charge in [0, 0.05) is 18.0 Å². The van der Waals surface area contributed by atoms with Gasteiger partial charge in [-0.1, -0.05) is 29.5 Å². The van der Waals surface area contributed by atoms with Gasteiger partial charge in [0.2, 0.25) is 5.39 Å². The van der Waals surface area contributed by atoms with Gasteiger partial charge in [-0.05, 0) is 25.1 Å². The van der Waals surface area contributed by atoms with Crippen molar-refractivity contribution in [3.05, 3.63) is 46.9 Å². The van der Waals surface area contributed by atoms with Crippen LogP contribution >= 0.6 is 19.6 Å². The van der Waals surface area contributed by atoms with Crippen molar-refractivity contribution >= 4 is 30.9 Å². The van der Waals surface area contributed by atoms with Crippen molar-refractivity contribution in [2.24, 2.45) is 0 Å². The van der Waals surface area contributed by atoms with Gasteiger partial charge in [0.05, 0.1) is 32.1 Å². The molecule has 13 heteroatoms. The van der Waals surface area contributed by atoms with Crippen LogP contribution in [0.5, 0.6) is 5.75 Å². The number of anilines is 1. The molecular formula is C18H20F6N3O2PS. The monoisotopic (exact) mass is 487 g/mol. The SMILES string of the molecule is COc1cc([N+]#N)c(Sc2ccc(C)cc2)cc1N1CCOCC1.F[P-](F)(F)(F)(F)F. The quantitative estimate of drug-likeness (QED) is 0.250. The Labute approximate surface area is 179 Å². The maximum atomic E-state index is 9.87. The predicted octanol–water partition coefficient (Wildman–Crippen LogP) is 7.86. The third-order valence-electron chi connectivity index (χ3n) is 3.97. The molecule has 0 unspecified atom stereocenters. The summed E-state index contributed by atoms with van der Waals surface area (Å²) in [6.45, 7) is 5.11. The molecular weight excluding hydrogens is 467 g/mol. The van der Waals surface area contributed by atoms with Crippen molar-refractivity contribution in [2.75, 3.05) is 38.3 Å². The van der Waals surface area contributed by atoms with Gasteiger partial charge in [0.15, 0.2) is 4.98 Å². The summed E-state index contributed by atoms with van der Waals surface area (Å²) < 4.78 is 70.1. The first kappa shape index (κ1) is 25.0. The number of morpholine rings is 1. The molecule has 0 aliphatic carbocycles. The topological polar surface area (TPSA) is 49.8 Å². The molecule has 0 spiro atoms. The van der Waals surface area contributed by atoms with Crippen LogP contribution in [0, 0.1) is 12.3 Å². The van der Waals surface area contributed by atoms with Gasteiger partial charge in [-0.25, -0.2) is 0 Å². The van der Waals surface area contributed by atoms with E-state index in [1.807, 2.05) is 6.07 Å². The second-order valence-corrected chi connectivity index (χ2v) is 9.60. The number of hydrogen-bond donors (Lipinski definition) is 0. The van der Waals surface area contributed by atoms with Crippen LogP contribution in [0.3, 0.4) is 0 Å². The number of diazo groups is 1. The molecule has 0 atom stereocenters. The number of ether oxygens (including phenoxy) is 2. The Morgan fingerprint density at radius 3 is 2.06 bits per heavy atom. The average Bonchev–Trinajstić information content (AvgIpc) is 2.67. The zero-order chi connectivity index (χ0) is 23.3. The summed E-state index contributed by atoms with van der Waals surface area (Å²) in [4.78, 5) is 7.67. The average molecular weight is 487 g/mol. The molecule has 1 heterocycles. The van der Waals surface area contributed by atoms with Crippen LogP contribution in [-0.2, 0) is 4.74 Å². The first-order valence-corrected chi connectivity index (χ1v) is 11.7. The van der Waals surface area contributed by atoms with Gasteiger partial charge in [0.25, 0.3) is 0 Å². The van der Waals surface area contributed by atoms with Crippen molar-refractivity contribution in [1.82, 2.24) is 0 Å². The summed E-state index contributed by atoms with van der Waals surface area (Å²) in [6, 6.07) is 12.1. The number of nitrogens with zero attached hydrogens (tertiary/aromatic N) is 3. The van der Waals surface area contributed by atoms with E-state index in [4.69, 9.17) is 9.47 Å². The second-order valence-electron chi connectivity index (χ2n) is 6.56. The Balaban J connectivity index is 0.000000423. The third kappa shape index (κ3) is 9.63. The summed E-state index contributed by atoms with van der Waals surface area (Å²) in [5.41, 5.74) is 2.73. The normalized spacial score (nSPS) is 16.3. The molecule has 1 saturated heterocycles. The Morgan fingerprint density at radius 2 is 1.58 bits per heavy atom. The molecule has 1 fully saturated rings. The fourth-order valence-electron chi connectivity index (χ4n) is 2.65. The van der Waals surface area contributed by atoms with E-state index in [1.165, 1.54) is 5.56 Å². The number of methoxy groups -OCH3 is 1. The van der Waals surface area contributed by atoms with Gasteiger partial charge in [0.1, 0.15) is 10.6 Å². The van der Waals surface area contributed by atoms with Crippen molar-refractivity contribution in [3.63, 3.8) is 0 Å². The molecule has 0 bridgehead atoms. The molecule has 0 radical (unpaired) electrons. The van der Waals surface area contributed by atoms with Crippen molar-refractivity contribution in [3.8, 4) is 5.75 Å². The molecule has 0 amide bonds. The van der Waals surface area contributed by atoms with Crippen molar-refractivity contribution in [1.29, 1.82) is 5.39 Å². The van der Waals surface area contributed by atoms with Crippen LogP contribution in [0.1, 0.15) is 5.56 Å². The molecule has 172 valence electrons. The van der Waals surface area contributed by atoms with Crippen LogP contribution in [0.4, 0.5) is 36.6 Å². The summed E-state index contributed by atoms with van der Waals surface area (Å²) >= 11 is 1.58. The number of rotatable bonds is 4. The summed E-state index contributed by atoms with van der Waals surface area (Å²) in [5.74, 6) is 0.706. The van der Waals surface area contributed by atoms with Gasteiger partial charge >= 0.3 is 38.7 Å². The van der Waals surface area contributed by atoms with E-state index in [0.29, 0.717) is 24.7 Å². The molecule has 2 aromatic rings. The van der Waals surface area contributed by atoms with Crippen LogP contribution in [0.2, 0.25) is 0 Å². The van der Waals surface area contributed by atoms with E-state index in [0.717, 1.165) is 28.6 Å². The van der Waals surface area contributed by atoms with Gasteiger partial charge in [-0.2, -0.15) is 0 Å². The Morgan fingerprint density at radius 1 is 1.03 bits per heavy atom. The summed E-state index contributed by atoms with van der Waals surface area (Å²) in [5, 5.41) is 9.38. The molecule has 1 aliphatic heterocycles. The van der Waals surface area contributed by atoms with Gasteiger partial charge in [-0.3, -0.25) is 0 Å². The third-order valence-corrected chi connectivity index (χ3v) is 5.02. The molecule has 2 aromatic carbocycles.